The molecule has 2 fully saturated rings. The SMILES string of the molecule is O=C(O)CN(C(=O)N1CCCCCC1CO)C1CCCC1. The van der Waals surface area contributed by atoms with E-state index in [2.05, 4.69) is 0 Å². The molecule has 1 unspecified atom stereocenters. The van der Waals surface area contributed by atoms with Crippen LogP contribution in [0.15, 0.2) is 0 Å². The number of carbonyl (C=O) groups is 2. The predicted octanol–water partition coefficient (Wildman–Crippen LogP) is 1.67. The van der Waals surface area contributed by atoms with E-state index in [0.717, 1.165) is 51.4 Å². The number of hydrogen-bond donors (Lipinski definition) is 2. The van der Waals surface area contributed by atoms with Gasteiger partial charge in [0.05, 0.1) is 12.6 Å². The average molecular weight is 298 g/mol. The standard InChI is InChI=1S/C15H26N2O4/c18-11-13-8-2-1-5-9-16(13)15(21)17(10-14(19)20)12-6-3-4-7-12/h12-13,18H,1-11H2,(H,19,20). The molecule has 1 heterocycles. The molecule has 0 spiro atoms. The van der Waals surface area contributed by atoms with E-state index < -0.39 is 5.97 Å². The normalized spacial score (nSPS) is 23.9. The topological polar surface area (TPSA) is 81.1 Å². The van der Waals surface area contributed by atoms with Crippen LogP contribution in [-0.4, -0.2) is 63.8 Å². The summed E-state index contributed by atoms with van der Waals surface area (Å²) < 4.78 is 0. The van der Waals surface area contributed by atoms with Crippen molar-refractivity contribution in [2.24, 2.45) is 0 Å². The molecule has 1 aliphatic heterocycles. The molecule has 1 atom stereocenters. The Labute approximate surface area is 125 Å². The number of amides is 2. The van der Waals surface area contributed by atoms with E-state index >= 15 is 0 Å². The van der Waals surface area contributed by atoms with Gasteiger partial charge in [0.15, 0.2) is 0 Å². The Balaban J connectivity index is 2.12. The molecular weight excluding hydrogens is 272 g/mol. The molecule has 1 saturated carbocycles. The second-order valence-corrected chi connectivity index (χ2v) is 6.12. The molecule has 0 aromatic heterocycles. The van der Waals surface area contributed by atoms with Crippen LogP contribution in [0, 0.1) is 0 Å². The van der Waals surface area contributed by atoms with Gasteiger partial charge >= 0.3 is 12.0 Å². The molecule has 0 aromatic carbocycles. The minimum atomic E-state index is -0.967. The Morgan fingerprint density at radius 2 is 1.71 bits per heavy atom. The highest BCUT2D eigenvalue weighted by atomic mass is 16.4. The average Bonchev–Trinajstić information content (AvgIpc) is 2.88. The minimum Gasteiger partial charge on any atom is -0.480 e. The lowest BCUT2D eigenvalue weighted by Crippen LogP contribution is -2.53. The van der Waals surface area contributed by atoms with Gasteiger partial charge in [0.1, 0.15) is 6.54 Å². The van der Waals surface area contributed by atoms with Crippen LogP contribution >= 0.6 is 0 Å². The number of carbonyl (C=O) groups excluding carboxylic acids is 1. The highest BCUT2D eigenvalue weighted by Crippen LogP contribution is 2.26. The Morgan fingerprint density at radius 1 is 1.05 bits per heavy atom. The van der Waals surface area contributed by atoms with Gasteiger partial charge in [-0.3, -0.25) is 4.79 Å². The number of carboxylic acid groups (broad SMARTS) is 1. The van der Waals surface area contributed by atoms with Crippen molar-refractivity contribution in [3.63, 3.8) is 0 Å². The maximum absolute atomic E-state index is 12.8. The quantitative estimate of drug-likeness (QED) is 0.827. The van der Waals surface area contributed by atoms with Gasteiger partial charge in [0.25, 0.3) is 0 Å². The van der Waals surface area contributed by atoms with Gasteiger partial charge in [0, 0.05) is 12.6 Å². The second kappa shape index (κ2) is 7.64. The van der Waals surface area contributed by atoms with Crippen molar-refractivity contribution in [2.45, 2.75) is 63.5 Å². The first-order valence-electron chi connectivity index (χ1n) is 8.03. The molecular formula is C15H26N2O4. The van der Waals surface area contributed by atoms with Gasteiger partial charge in [0.2, 0.25) is 0 Å². The highest BCUT2D eigenvalue weighted by molar-refractivity contribution is 5.80. The lowest BCUT2D eigenvalue weighted by Gasteiger charge is -2.36. The summed E-state index contributed by atoms with van der Waals surface area (Å²) in [5.41, 5.74) is 0. The number of likely N-dealkylation sites (tertiary alicyclic amines) is 1. The molecule has 21 heavy (non-hydrogen) atoms. The minimum absolute atomic E-state index is 0.0381. The first-order valence-corrected chi connectivity index (χ1v) is 8.03. The van der Waals surface area contributed by atoms with E-state index in [-0.39, 0.29) is 31.3 Å². The van der Waals surface area contributed by atoms with E-state index in [9.17, 15) is 14.7 Å². The van der Waals surface area contributed by atoms with Crippen LogP contribution in [0.25, 0.3) is 0 Å². The first kappa shape index (κ1) is 16.1. The molecule has 6 heteroatoms. The predicted molar refractivity (Wildman–Crippen MR) is 78.0 cm³/mol. The molecule has 0 radical (unpaired) electrons. The van der Waals surface area contributed by atoms with E-state index in [1.165, 1.54) is 4.90 Å². The Hall–Kier alpha value is -1.30. The Bertz CT molecular complexity index is 369. The van der Waals surface area contributed by atoms with Crippen LogP contribution in [0.1, 0.15) is 51.4 Å². The zero-order chi connectivity index (χ0) is 15.2. The molecule has 2 rings (SSSR count). The lowest BCUT2D eigenvalue weighted by atomic mass is 10.1. The van der Waals surface area contributed by atoms with E-state index in [1.54, 1.807) is 4.90 Å². The summed E-state index contributed by atoms with van der Waals surface area (Å²) in [5.74, 6) is -0.967. The molecule has 6 nitrogen and oxygen atoms in total. The maximum atomic E-state index is 12.8. The second-order valence-electron chi connectivity index (χ2n) is 6.12. The summed E-state index contributed by atoms with van der Waals surface area (Å²) in [5, 5.41) is 18.6. The lowest BCUT2D eigenvalue weighted by molar-refractivity contribution is -0.138. The largest absolute Gasteiger partial charge is 0.480 e. The van der Waals surface area contributed by atoms with Gasteiger partial charge in [-0.2, -0.15) is 0 Å². The third-order valence-corrected chi connectivity index (χ3v) is 4.65. The van der Waals surface area contributed by atoms with Gasteiger partial charge in [-0.15, -0.1) is 0 Å². The van der Waals surface area contributed by atoms with Crippen LogP contribution in [0.5, 0.6) is 0 Å². The van der Waals surface area contributed by atoms with Crippen LogP contribution in [0.4, 0.5) is 4.79 Å². The maximum Gasteiger partial charge on any atom is 0.323 e. The van der Waals surface area contributed by atoms with E-state index in [0.29, 0.717) is 6.54 Å². The number of rotatable bonds is 4. The van der Waals surface area contributed by atoms with Crippen molar-refractivity contribution in [2.75, 3.05) is 19.7 Å². The van der Waals surface area contributed by atoms with Crippen molar-refractivity contribution in [1.29, 1.82) is 0 Å². The summed E-state index contributed by atoms with van der Waals surface area (Å²) in [7, 11) is 0. The van der Waals surface area contributed by atoms with Crippen molar-refractivity contribution in [1.82, 2.24) is 9.80 Å². The number of aliphatic hydroxyl groups is 1. The molecule has 0 bridgehead atoms. The molecule has 2 amide bonds. The van der Waals surface area contributed by atoms with Crippen molar-refractivity contribution in [3.05, 3.63) is 0 Å². The third kappa shape index (κ3) is 4.09. The fourth-order valence-electron chi connectivity index (χ4n) is 3.50. The zero-order valence-corrected chi connectivity index (χ0v) is 12.5. The monoisotopic (exact) mass is 298 g/mol. The number of nitrogens with zero attached hydrogens (tertiary/aromatic N) is 2. The number of urea groups is 1. The Kier molecular flexibility index (Phi) is 5.85. The third-order valence-electron chi connectivity index (χ3n) is 4.65. The highest BCUT2D eigenvalue weighted by Gasteiger charge is 2.34. The number of carboxylic acids is 1. The fraction of sp³-hybridized carbons (Fsp3) is 0.867. The van der Waals surface area contributed by atoms with E-state index in [1.807, 2.05) is 0 Å². The molecule has 2 aliphatic rings. The Morgan fingerprint density at radius 3 is 2.33 bits per heavy atom. The molecule has 1 saturated heterocycles. The zero-order valence-electron chi connectivity index (χ0n) is 12.5. The molecule has 120 valence electrons. The number of hydrogen-bond acceptors (Lipinski definition) is 3. The molecule has 2 N–H and O–H groups in total. The summed E-state index contributed by atoms with van der Waals surface area (Å²) in [6.45, 7) is 0.336. The molecule has 0 aromatic rings. The van der Waals surface area contributed by atoms with Crippen molar-refractivity contribution in [3.8, 4) is 0 Å². The smallest absolute Gasteiger partial charge is 0.323 e. The molecule has 1 aliphatic carbocycles. The summed E-state index contributed by atoms with van der Waals surface area (Å²) in [6.07, 6.45) is 7.67. The van der Waals surface area contributed by atoms with E-state index in [4.69, 9.17) is 5.11 Å². The van der Waals surface area contributed by atoms with Gasteiger partial charge < -0.3 is 20.0 Å². The number of aliphatic hydroxyl groups excluding tert-OH is 1. The van der Waals surface area contributed by atoms with Gasteiger partial charge in [-0.1, -0.05) is 25.7 Å². The van der Waals surface area contributed by atoms with Crippen LogP contribution in [0.2, 0.25) is 0 Å². The van der Waals surface area contributed by atoms with Crippen LogP contribution in [-0.2, 0) is 4.79 Å². The van der Waals surface area contributed by atoms with Crippen molar-refractivity contribution >= 4 is 12.0 Å². The van der Waals surface area contributed by atoms with Crippen LogP contribution in [0.3, 0.4) is 0 Å². The van der Waals surface area contributed by atoms with Crippen molar-refractivity contribution < 1.29 is 19.8 Å². The summed E-state index contributed by atoms with van der Waals surface area (Å²) in [6, 6.07) is -0.334. The van der Waals surface area contributed by atoms with Gasteiger partial charge in [-0.05, 0) is 25.7 Å². The summed E-state index contributed by atoms with van der Waals surface area (Å²) >= 11 is 0. The van der Waals surface area contributed by atoms with Crippen LogP contribution < -0.4 is 0 Å². The first-order chi connectivity index (χ1) is 10.1. The number of aliphatic carboxylic acids is 1. The fourth-order valence-corrected chi connectivity index (χ4v) is 3.50. The summed E-state index contributed by atoms with van der Waals surface area (Å²) in [4.78, 5) is 27.2. The van der Waals surface area contributed by atoms with Gasteiger partial charge in [-0.25, -0.2) is 4.79 Å².